The zero-order valence-corrected chi connectivity index (χ0v) is 10.3. The van der Waals surface area contributed by atoms with Gasteiger partial charge < -0.3 is 9.72 Å². The summed E-state index contributed by atoms with van der Waals surface area (Å²) in [5.74, 6) is 0. The Labute approximate surface area is 96.7 Å². The molecule has 6 nitrogen and oxygen atoms in total. The Morgan fingerprint density at radius 3 is 2.81 bits per heavy atom. The van der Waals surface area contributed by atoms with E-state index in [1.807, 2.05) is 0 Å². The van der Waals surface area contributed by atoms with Crippen molar-refractivity contribution in [3.63, 3.8) is 0 Å². The van der Waals surface area contributed by atoms with Gasteiger partial charge in [-0.25, -0.2) is 13.1 Å². The van der Waals surface area contributed by atoms with Crippen LogP contribution in [0.1, 0.15) is 12.1 Å². The van der Waals surface area contributed by atoms with Gasteiger partial charge in [0.1, 0.15) is 0 Å². The van der Waals surface area contributed by atoms with E-state index in [1.165, 1.54) is 0 Å². The Hall–Kier alpha value is -0.700. The SMILES string of the molecule is Cc1[nH]c(=O)sc1S(=O)(=O)NC1CCOC1. The van der Waals surface area contributed by atoms with E-state index in [2.05, 4.69) is 9.71 Å². The highest BCUT2D eigenvalue weighted by atomic mass is 32.2. The minimum absolute atomic E-state index is 0.0596. The Bertz CT molecular complexity index is 524. The maximum Gasteiger partial charge on any atom is 0.305 e. The van der Waals surface area contributed by atoms with Gasteiger partial charge in [0.05, 0.1) is 6.61 Å². The van der Waals surface area contributed by atoms with Crippen molar-refractivity contribution in [3.05, 3.63) is 15.4 Å². The number of rotatable bonds is 3. The standard InChI is InChI=1S/C8H12N2O4S2/c1-5-7(15-8(11)9-5)16(12,13)10-6-2-3-14-4-6/h6,10H,2-4H2,1H3,(H,9,11). The van der Waals surface area contributed by atoms with Crippen LogP contribution in [-0.2, 0) is 14.8 Å². The monoisotopic (exact) mass is 264 g/mol. The molecule has 2 N–H and O–H groups in total. The summed E-state index contributed by atoms with van der Waals surface area (Å²) < 4.78 is 31.5. The second-order valence-electron chi connectivity index (χ2n) is 3.61. The molecule has 1 aliphatic rings. The summed E-state index contributed by atoms with van der Waals surface area (Å²) >= 11 is 0.702. The summed E-state index contributed by atoms with van der Waals surface area (Å²) in [7, 11) is -3.60. The zero-order chi connectivity index (χ0) is 11.8. The molecule has 8 heteroatoms. The van der Waals surface area contributed by atoms with Crippen molar-refractivity contribution in [2.24, 2.45) is 0 Å². The van der Waals surface area contributed by atoms with Gasteiger partial charge in [-0.1, -0.05) is 11.3 Å². The van der Waals surface area contributed by atoms with Gasteiger partial charge in [0, 0.05) is 18.3 Å². The lowest BCUT2D eigenvalue weighted by Gasteiger charge is -2.09. The van der Waals surface area contributed by atoms with Crippen LogP contribution < -0.4 is 9.60 Å². The summed E-state index contributed by atoms with van der Waals surface area (Å²) in [4.78, 5) is 13.1. The number of nitrogens with one attached hydrogen (secondary N) is 2. The molecule has 16 heavy (non-hydrogen) atoms. The average molecular weight is 264 g/mol. The summed E-state index contributed by atoms with van der Waals surface area (Å²) in [6, 6.07) is -0.193. The first kappa shape index (κ1) is 11.8. The molecule has 1 fully saturated rings. The van der Waals surface area contributed by atoms with Crippen LogP contribution in [0.4, 0.5) is 0 Å². The number of hydrogen-bond acceptors (Lipinski definition) is 5. The molecule has 1 atom stereocenters. The van der Waals surface area contributed by atoms with E-state index in [0.29, 0.717) is 36.7 Å². The van der Waals surface area contributed by atoms with Crippen LogP contribution in [0.25, 0.3) is 0 Å². The van der Waals surface area contributed by atoms with Crippen LogP contribution in [0.3, 0.4) is 0 Å². The van der Waals surface area contributed by atoms with Crippen molar-refractivity contribution in [2.75, 3.05) is 13.2 Å². The summed E-state index contributed by atoms with van der Waals surface area (Å²) in [6.07, 6.45) is 0.664. The predicted octanol–water partition coefficient (Wildman–Crippen LogP) is -0.188. The van der Waals surface area contributed by atoms with Gasteiger partial charge in [-0.2, -0.15) is 0 Å². The fourth-order valence-corrected chi connectivity index (χ4v) is 4.12. The van der Waals surface area contributed by atoms with Crippen LogP contribution >= 0.6 is 11.3 Å². The fourth-order valence-electron chi connectivity index (χ4n) is 1.55. The molecule has 90 valence electrons. The van der Waals surface area contributed by atoms with Crippen molar-refractivity contribution >= 4 is 21.4 Å². The van der Waals surface area contributed by atoms with Crippen LogP contribution in [-0.4, -0.2) is 32.7 Å². The lowest BCUT2D eigenvalue weighted by molar-refractivity contribution is 0.192. The number of thiazole rings is 1. The summed E-state index contributed by atoms with van der Waals surface area (Å²) in [6.45, 7) is 2.52. The number of aryl methyl sites for hydroxylation is 1. The Balaban J connectivity index is 2.24. The Morgan fingerprint density at radius 2 is 2.31 bits per heavy atom. The minimum Gasteiger partial charge on any atom is -0.380 e. The Morgan fingerprint density at radius 1 is 1.56 bits per heavy atom. The molecule has 2 heterocycles. The highest BCUT2D eigenvalue weighted by Crippen LogP contribution is 2.17. The third kappa shape index (κ3) is 2.34. The summed E-state index contributed by atoms with van der Waals surface area (Å²) in [5.41, 5.74) is 0.376. The number of aromatic nitrogens is 1. The third-order valence-corrected chi connectivity index (χ3v) is 5.40. The van der Waals surface area contributed by atoms with E-state index in [4.69, 9.17) is 4.74 Å². The van der Waals surface area contributed by atoms with Gasteiger partial charge in [0.25, 0.3) is 10.0 Å². The first-order chi connectivity index (χ1) is 7.49. The number of hydrogen-bond donors (Lipinski definition) is 2. The van der Waals surface area contributed by atoms with Gasteiger partial charge in [-0.15, -0.1) is 0 Å². The third-order valence-electron chi connectivity index (χ3n) is 2.28. The first-order valence-corrected chi connectivity index (χ1v) is 7.09. The van der Waals surface area contributed by atoms with Crippen molar-refractivity contribution in [2.45, 2.75) is 23.6 Å². The average Bonchev–Trinajstić information content (AvgIpc) is 2.75. The second-order valence-corrected chi connectivity index (χ2v) is 6.50. The predicted molar refractivity (Wildman–Crippen MR) is 59.2 cm³/mol. The molecule has 1 saturated heterocycles. The normalized spacial score (nSPS) is 21.4. The molecular formula is C8H12N2O4S2. The topological polar surface area (TPSA) is 88.3 Å². The molecule has 1 aromatic rings. The molecule has 0 radical (unpaired) electrons. The lowest BCUT2D eigenvalue weighted by atomic mass is 10.3. The first-order valence-electron chi connectivity index (χ1n) is 4.79. The quantitative estimate of drug-likeness (QED) is 0.792. The molecule has 1 aliphatic heterocycles. The molecule has 0 aromatic carbocycles. The highest BCUT2D eigenvalue weighted by Gasteiger charge is 2.26. The fraction of sp³-hybridized carbons (Fsp3) is 0.625. The molecular weight excluding hydrogens is 252 g/mol. The molecule has 0 spiro atoms. The number of sulfonamides is 1. The number of ether oxygens (including phenoxy) is 1. The molecule has 0 bridgehead atoms. The zero-order valence-electron chi connectivity index (χ0n) is 8.65. The van der Waals surface area contributed by atoms with E-state index in [1.54, 1.807) is 6.92 Å². The highest BCUT2D eigenvalue weighted by molar-refractivity contribution is 7.91. The van der Waals surface area contributed by atoms with Crippen LogP contribution in [0.2, 0.25) is 0 Å². The maximum absolute atomic E-state index is 11.9. The van der Waals surface area contributed by atoms with Crippen molar-refractivity contribution in [3.8, 4) is 0 Å². The molecule has 1 unspecified atom stereocenters. The van der Waals surface area contributed by atoms with Gasteiger partial charge in [0.15, 0.2) is 4.21 Å². The van der Waals surface area contributed by atoms with Crippen LogP contribution in [0, 0.1) is 6.92 Å². The smallest absolute Gasteiger partial charge is 0.305 e. The largest absolute Gasteiger partial charge is 0.380 e. The number of aromatic amines is 1. The van der Waals surface area contributed by atoms with Gasteiger partial charge in [-0.3, -0.25) is 4.79 Å². The van der Waals surface area contributed by atoms with Gasteiger partial charge in [-0.05, 0) is 13.3 Å². The van der Waals surface area contributed by atoms with Gasteiger partial charge >= 0.3 is 4.87 Å². The van der Waals surface area contributed by atoms with Crippen molar-refractivity contribution in [1.82, 2.24) is 9.71 Å². The van der Waals surface area contributed by atoms with E-state index in [9.17, 15) is 13.2 Å². The molecule has 1 aromatic heterocycles. The summed E-state index contributed by atoms with van der Waals surface area (Å²) in [5, 5.41) is 0. The second kappa shape index (κ2) is 4.28. The Kier molecular flexibility index (Phi) is 3.15. The molecule has 0 saturated carbocycles. The molecule has 2 rings (SSSR count). The van der Waals surface area contributed by atoms with Crippen LogP contribution in [0.5, 0.6) is 0 Å². The van der Waals surface area contributed by atoms with E-state index in [-0.39, 0.29) is 15.1 Å². The van der Waals surface area contributed by atoms with E-state index >= 15 is 0 Å². The van der Waals surface area contributed by atoms with Crippen molar-refractivity contribution < 1.29 is 13.2 Å². The van der Waals surface area contributed by atoms with Crippen LogP contribution in [0.15, 0.2) is 9.00 Å². The van der Waals surface area contributed by atoms with Crippen molar-refractivity contribution in [1.29, 1.82) is 0 Å². The van der Waals surface area contributed by atoms with E-state index in [0.717, 1.165) is 0 Å². The van der Waals surface area contributed by atoms with Gasteiger partial charge in [0.2, 0.25) is 0 Å². The van der Waals surface area contributed by atoms with E-state index < -0.39 is 10.0 Å². The lowest BCUT2D eigenvalue weighted by Crippen LogP contribution is -2.34. The maximum atomic E-state index is 11.9. The number of H-pyrrole nitrogens is 1. The minimum atomic E-state index is -3.60. The molecule has 0 amide bonds. The molecule has 0 aliphatic carbocycles.